The number of hydrogen-bond donors (Lipinski definition) is 2. The average molecular weight is 553 g/mol. The van der Waals surface area contributed by atoms with Crippen molar-refractivity contribution in [3.63, 3.8) is 0 Å². The average Bonchev–Trinajstić information content (AvgIpc) is 3.30. The summed E-state index contributed by atoms with van der Waals surface area (Å²) in [5.74, 6) is 0.455. The van der Waals surface area contributed by atoms with E-state index in [4.69, 9.17) is 9.47 Å². The molecule has 0 fully saturated rings. The number of nitrogens with one attached hydrogen (secondary N) is 1. The molecule has 0 radical (unpaired) electrons. The Morgan fingerprint density at radius 3 is 2.51 bits per heavy atom. The van der Waals surface area contributed by atoms with Crippen molar-refractivity contribution < 1.29 is 32.0 Å². The fourth-order valence-electron chi connectivity index (χ4n) is 4.09. The number of anilines is 1. The zero-order valence-electron chi connectivity index (χ0n) is 21.9. The van der Waals surface area contributed by atoms with E-state index >= 15 is 0 Å². The van der Waals surface area contributed by atoms with Crippen molar-refractivity contribution in [1.29, 1.82) is 0 Å². The molecule has 1 heterocycles. The Labute approximate surface area is 221 Å². The van der Waals surface area contributed by atoms with E-state index in [2.05, 4.69) is 5.32 Å². The zero-order chi connectivity index (χ0) is 27.3. The quantitative estimate of drug-likeness (QED) is 0.414. The monoisotopic (exact) mass is 552 g/mol. The molecule has 3 rings (SSSR count). The summed E-state index contributed by atoms with van der Waals surface area (Å²) in [6, 6.07) is 9.53. The van der Waals surface area contributed by atoms with Gasteiger partial charge in [0, 0.05) is 47.9 Å². The molecular weight excluding hydrogens is 516 g/mol. The molecule has 2 N–H and O–H groups in total. The van der Waals surface area contributed by atoms with Gasteiger partial charge in [-0.3, -0.25) is 13.3 Å². The molecule has 0 bridgehead atoms. The topological polar surface area (TPSA) is 122 Å². The first-order chi connectivity index (χ1) is 17.4. The highest BCUT2D eigenvalue weighted by Crippen LogP contribution is 2.39. The molecule has 0 aliphatic carbocycles. The summed E-state index contributed by atoms with van der Waals surface area (Å²) in [5, 5.41) is 14.1. The first kappa shape index (κ1) is 28.8. The number of rotatable bonds is 12. The molecule has 1 amide bonds. The molecular formula is C26H36N2O7S2. The lowest BCUT2D eigenvalue weighted by Crippen LogP contribution is -2.35. The number of nitrogens with zero attached hydrogens (tertiary/aromatic N) is 1. The number of para-hydroxylation sites is 1. The molecule has 0 spiro atoms. The van der Waals surface area contributed by atoms with Gasteiger partial charge in [0.05, 0.1) is 10.6 Å². The van der Waals surface area contributed by atoms with Crippen LogP contribution >= 0.6 is 0 Å². The number of carbonyl (C=O) groups excluding carboxylic acids is 1. The van der Waals surface area contributed by atoms with Crippen LogP contribution in [-0.2, 0) is 32.0 Å². The van der Waals surface area contributed by atoms with Crippen LogP contribution in [0.4, 0.5) is 5.69 Å². The maximum Gasteiger partial charge on any atom is 0.264 e. The second-order valence-corrected chi connectivity index (χ2v) is 13.3. The minimum absolute atomic E-state index is 0.0135. The van der Waals surface area contributed by atoms with Gasteiger partial charge in [0.25, 0.3) is 10.0 Å². The number of aromatic hydroxyl groups is 1. The van der Waals surface area contributed by atoms with Crippen LogP contribution in [0.15, 0.2) is 41.3 Å². The Balaban J connectivity index is 1.82. The minimum Gasteiger partial charge on any atom is -0.505 e. The first-order valence-corrected chi connectivity index (χ1v) is 15.4. The number of benzene rings is 2. The Hall–Kier alpha value is -2.79. The molecule has 0 saturated carbocycles. The van der Waals surface area contributed by atoms with E-state index < -0.39 is 20.8 Å². The lowest BCUT2D eigenvalue weighted by molar-refractivity contribution is -0.124. The van der Waals surface area contributed by atoms with Gasteiger partial charge in [-0.1, -0.05) is 39.8 Å². The Morgan fingerprint density at radius 1 is 1.14 bits per heavy atom. The summed E-state index contributed by atoms with van der Waals surface area (Å²) >= 11 is 0. The summed E-state index contributed by atoms with van der Waals surface area (Å²) < 4.78 is 50.7. The molecule has 2 aromatic rings. The van der Waals surface area contributed by atoms with Crippen LogP contribution in [0.25, 0.3) is 0 Å². The molecule has 0 aromatic heterocycles. The van der Waals surface area contributed by atoms with Crippen LogP contribution in [0.5, 0.6) is 17.2 Å². The highest BCUT2D eigenvalue weighted by Gasteiger charge is 2.30. The summed E-state index contributed by atoms with van der Waals surface area (Å²) in [7, 11) is -5.08. The predicted molar refractivity (Wildman–Crippen MR) is 144 cm³/mol. The first-order valence-electron chi connectivity index (χ1n) is 12.2. The summed E-state index contributed by atoms with van der Waals surface area (Å²) in [4.78, 5) is 12.3. The van der Waals surface area contributed by atoms with Crippen LogP contribution in [0.2, 0.25) is 0 Å². The van der Waals surface area contributed by atoms with Crippen molar-refractivity contribution in [3.05, 3.63) is 42.0 Å². The van der Waals surface area contributed by atoms with Crippen molar-refractivity contribution in [3.8, 4) is 17.2 Å². The van der Waals surface area contributed by atoms with E-state index in [0.717, 1.165) is 0 Å². The minimum atomic E-state index is -4.02. The molecule has 37 heavy (non-hydrogen) atoms. The number of hydrogen-bond acceptors (Lipinski definition) is 7. The number of ether oxygens (including phenoxy) is 2. The summed E-state index contributed by atoms with van der Waals surface area (Å²) in [6.07, 6.45) is 1.99. The third-order valence-corrected chi connectivity index (χ3v) is 8.70. The molecule has 9 nitrogen and oxygen atoms in total. The van der Waals surface area contributed by atoms with Gasteiger partial charge >= 0.3 is 0 Å². The second kappa shape index (κ2) is 12.2. The molecule has 2 aromatic carbocycles. The van der Waals surface area contributed by atoms with Gasteiger partial charge in [0.1, 0.15) is 5.75 Å². The third-order valence-electron chi connectivity index (χ3n) is 5.96. The number of fused-ring (bicyclic) bond motifs is 1. The van der Waals surface area contributed by atoms with Crippen LogP contribution in [-0.4, -0.2) is 55.5 Å². The highest BCUT2D eigenvalue weighted by atomic mass is 32.2. The zero-order valence-corrected chi connectivity index (χ0v) is 23.5. The van der Waals surface area contributed by atoms with Gasteiger partial charge in [0.2, 0.25) is 12.7 Å². The van der Waals surface area contributed by atoms with Gasteiger partial charge in [0.15, 0.2) is 11.5 Å². The molecule has 11 heteroatoms. The Kier molecular flexibility index (Phi) is 9.46. The largest absolute Gasteiger partial charge is 0.505 e. The summed E-state index contributed by atoms with van der Waals surface area (Å²) in [5.41, 5.74) is 0.774. The van der Waals surface area contributed by atoms with E-state index in [9.17, 15) is 22.5 Å². The predicted octanol–water partition coefficient (Wildman–Crippen LogP) is 3.28. The van der Waals surface area contributed by atoms with Crippen molar-refractivity contribution in [2.45, 2.75) is 39.0 Å². The fourth-order valence-corrected chi connectivity index (χ4v) is 6.60. The number of carbonyl (C=O) groups is 1. The van der Waals surface area contributed by atoms with Crippen LogP contribution in [0, 0.1) is 17.8 Å². The molecule has 204 valence electrons. The van der Waals surface area contributed by atoms with E-state index in [1.165, 1.54) is 16.4 Å². The van der Waals surface area contributed by atoms with Gasteiger partial charge in [-0.05, 0) is 42.0 Å². The number of sulfonamides is 1. The van der Waals surface area contributed by atoms with Crippen molar-refractivity contribution in [2.24, 2.45) is 17.8 Å². The van der Waals surface area contributed by atoms with E-state index in [-0.39, 0.29) is 53.3 Å². The number of amides is 1. The van der Waals surface area contributed by atoms with Crippen LogP contribution in [0.3, 0.4) is 0 Å². The third kappa shape index (κ3) is 7.16. The van der Waals surface area contributed by atoms with Crippen molar-refractivity contribution >= 4 is 32.4 Å². The van der Waals surface area contributed by atoms with E-state index in [1.807, 2.05) is 20.8 Å². The normalized spacial score (nSPS) is 15.3. The Bertz CT molecular complexity index is 1250. The lowest BCUT2D eigenvalue weighted by Gasteiger charge is -2.28. The van der Waals surface area contributed by atoms with E-state index in [0.29, 0.717) is 35.8 Å². The fraction of sp³-hybridized carbons (Fsp3) is 0.500. The molecule has 0 saturated heterocycles. The van der Waals surface area contributed by atoms with Crippen LogP contribution < -0.4 is 19.1 Å². The molecule has 1 aliphatic heterocycles. The van der Waals surface area contributed by atoms with Gasteiger partial charge in [-0.15, -0.1) is 0 Å². The molecule has 2 unspecified atom stereocenters. The molecule has 1 aliphatic rings. The highest BCUT2D eigenvalue weighted by molar-refractivity contribution is 7.92. The van der Waals surface area contributed by atoms with Crippen molar-refractivity contribution in [1.82, 2.24) is 5.32 Å². The maximum atomic E-state index is 13.7. The second-order valence-electron chi connectivity index (χ2n) is 9.93. The smallest absolute Gasteiger partial charge is 0.264 e. The van der Waals surface area contributed by atoms with E-state index in [1.54, 1.807) is 37.4 Å². The summed E-state index contributed by atoms with van der Waals surface area (Å²) in [6.45, 7) is 8.05. The SMILES string of the molecule is CC(C)CN(c1cccc(CC(C)CNC(=O)[C@@H](C)CS(C)=O)c1O)S(=O)(=O)c1ccc2c(c1)OCO2. The Morgan fingerprint density at radius 2 is 1.84 bits per heavy atom. The van der Waals surface area contributed by atoms with Crippen LogP contribution in [0.1, 0.15) is 33.3 Å². The van der Waals surface area contributed by atoms with Gasteiger partial charge < -0.3 is 19.9 Å². The molecule has 3 atom stereocenters. The van der Waals surface area contributed by atoms with Gasteiger partial charge in [-0.2, -0.15) is 0 Å². The number of phenolic OH excluding ortho intramolecular Hbond substituents is 1. The standard InChI is InChI=1S/C26H36N2O7S2/c1-17(2)14-28(37(32,33)21-9-10-23-24(12-21)35-16-34-23)22-8-6-7-20(25(22)29)11-18(3)13-27-26(30)19(4)15-36(5)31/h6-10,12,17-19,29H,11,13-16H2,1-5H3,(H,27,30)/t18?,19-,36?/m0/s1. The maximum absolute atomic E-state index is 13.7. The van der Waals surface area contributed by atoms with Gasteiger partial charge in [-0.25, -0.2) is 8.42 Å². The lowest BCUT2D eigenvalue weighted by atomic mass is 9.99. The number of phenols is 1. The van der Waals surface area contributed by atoms with Crippen molar-refractivity contribution in [2.75, 3.05) is 36.2 Å².